The molecule has 0 spiro atoms. The molecule has 0 atom stereocenters. The number of halogens is 2. The van der Waals surface area contributed by atoms with Crippen LogP contribution >= 0.6 is 15.9 Å². The molecule has 2 nitrogen and oxygen atoms in total. The highest BCUT2D eigenvalue weighted by Gasteiger charge is 2.11. The van der Waals surface area contributed by atoms with Crippen LogP contribution in [0.5, 0.6) is 0 Å². The molecule has 0 heterocycles. The van der Waals surface area contributed by atoms with Gasteiger partial charge in [0, 0.05) is 10.0 Å². The highest BCUT2D eigenvalue weighted by atomic mass is 79.9. The van der Waals surface area contributed by atoms with Gasteiger partial charge in [0.25, 0.3) is 0 Å². The molecule has 2 aromatic carbocycles. The van der Waals surface area contributed by atoms with Crippen molar-refractivity contribution in [1.82, 2.24) is 0 Å². The van der Waals surface area contributed by atoms with E-state index in [4.69, 9.17) is 0 Å². The summed E-state index contributed by atoms with van der Waals surface area (Å²) < 4.78 is 14.3. The summed E-state index contributed by atoms with van der Waals surface area (Å²) >= 11 is 3.24. The summed E-state index contributed by atoms with van der Waals surface area (Å²) in [5.74, 6) is -1.55. The van der Waals surface area contributed by atoms with Crippen LogP contribution in [-0.2, 0) is 4.79 Å². The molecular weight excluding hydrogens is 311 g/mol. The van der Waals surface area contributed by atoms with Crippen LogP contribution in [0.25, 0.3) is 11.6 Å². The average molecular weight is 321 g/mol. The lowest BCUT2D eigenvalue weighted by Crippen LogP contribution is -2.00. The second-order valence-electron chi connectivity index (χ2n) is 3.90. The summed E-state index contributed by atoms with van der Waals surface area (Å²) in [6.45, 7) is 0. The van der Waals surface area contributed by atoms with Crippen molar-refractivity contribution in [3.05, 3.63) is 69.9 Å². The second kappa shape index (κ2) is 5.80. The van der Waals surface area contributed by atoms with E-state index in [1.54, 1.807) is 42.5 Å². The molecule has 0 aliphatic heterocycles. The maximum absolute atomic E-state index is 13.7. The molecule has 0 aliphatic rings. The molecule has 0 aromatic heterocycles. The Labute approximate surface area is 118 Å². The molecule has 1 N–H and O–H groups in total. The van der Waals surface area contributed by atoms with E-state index in [0.717, 1.165) is 0 Å². The maximum Gasteiger partial charge on any atom is 0.336 e. The standard InChI is InChI=1S/C15H10BrFO2/c16-12-6-7-14(17)11(8-12)9-13(15(18)19)10-4-2-1-3-5-10/h1-9H,(H,18,19)/b13-9-. The number of hydrogen-bond donors (Lipinski definition) is 1. The van der Waals surface area contributed by atoms with Gasteiger partial charge in [0.1, 0.15) is 5.82 Å². The molecule has 0 unspecified atom stereocenters. The van der Waals surface area contributed by atoms with Gasteiger partial charge in [0.05, 0.1) is 5.57 Å². The Morgan fingerprint density at radius 1 is 1.16 bits per heavy atom. The predicted molar refractivity (Wildman–Crippen MR) is 76.0 cm³/mol. The Bertz CT molecular complexity index is 636. The number of aliphatic carboxylic acids is 1. The molecule has 2 aromatic rings. The fraction of sp³-hybridized carbons (Fsp3) is 0. The molecule has 4 heteroatoms. The van der Waals surface area contributed by atoms with E-state index in [-0.39, 0.29) is 11.1 Å². The lowest BCUT2D eigenvalue weighted by atomic mass is 10.0. The van der Waals surface area contributed by atoms with Crippen molar-refractivity contribution >= 4 is 33.5 Å². The van der Waals surface area contributed by atoms with Crippen molar-refractivity contribution in [3.63, 3.8) is 0 Å². The lowest BCUT2D eigenvalue weighted by Gasteiger charge is -2.04. The van der Waals surface area contributed by atoms with E-state index >= 15 is 0 Å². The van der Waals surface area contributed by atoms with Crippen molar-refractivity contribution in [3.8, 4) is 0 Å². The minimum absolute atomic E-state index is 0.0533. The second-order valence-corrected chi connectivity index (χ2v) is 4.81. The zero-order valence-corrected chi connectivity index (χ0v) is 11.4. The molecule has 2 rings (SSSR count). The van der Waals surface area contributed by atoms with Crippen LogP contribution in [-0.4, -0.2) is 11.1 Å². The van der Waals surface area contributed by atoms with Crippen LogP contribution < -0.4 is 0 Å². The number of carboxylic acid groups (broad SMARTS) is 1. The summed E-state index contributed by atoms with van der Waals surface area (Å²) in [7, 11) is 0. The Kier molecular flexibility index (Phi) is 4.12. The van der Waals surface area contributed by atoms with E-state index in [0.29, 0.717) is 10.0 Å². The van der Waals surface area contributed by atoms with Crippen LogP contribution in [0.2, 0.25) is 0 Å². The molecule has 0 amide bonds. The predicted octanol–water partition coefficient (Wildman–Crippen LogP) is 4.21. The Morgan fingerprint density at radius 2 is 1.84 bits per heavy atom. The number of hydrogen-bond acceptors (Lipinski definition) is 1. The fourth-order valence-corrected chi connectivity index (χ4v) is 2.05. The molecular formula is C15H10BrFO2. The summed E-state index contributed by atoms with van der Waals surface area (Å²) in [6.07, 6.45) is 1.33. The van der Waals surface area contributed by atoms with Crippen LogP contribution in [0.3, 0.4) is 0 Å². The van der Waals surface area contributed by atoms with E-state index in [1.807, 2.05) is 0 Å². The summed E-state index contributed by atoms with van der Waals surface area (Å²) in [5.41, 5.74) is 0.822. The average Bonchev–Trinajstić information content (AvgIpc) is 2.40. The van der Waals surface area contributed by atoms with Crippen molar-refractivity contribution in [2.45, 2.75) is 0 Å². The SMILES string of the molecule is O=C(O)/C(=C\c1cc(Br)ccc1F)c1ccccc1. The normalized spacial score (nSPS) is 11.4. The molecule has 0 fully saturated rings. The topological polar surface area (TPSA) is 37.3 Å². The van der Waals surface area contributed by atoms with Gasteiger partial charge in [-0.25, -0.2) is 9.18 Å². The van der Waals surface area contributed by atoms with Crippen LogP contribution in [0.4, 0.5) is 4.39 Å². The number of carbonyl (C=O) groups is 1. The summed E-state index contributed by atoms with van der Waals surface area (Å²) in [5, 5.41) is 9.25. The summed E-state index contributed by atoms with van der Waals surface area (Å²) in [6, 6.07) is 13.0. The Hall–Kier alpha value is -1.94. The van der Waals surface area contributed by atoms with Gasteiger partial charge in [-0.15, -0.1) is 0 Å². The highest BCUT2D eigenvalue weighted by Crippen LogP contribution is 2.22. The first-order chi connectivity index (χ1) is 9.08. The number of carboxylic acids is 1. The van der Waals surface area contributed by atoms with Crippen LogP contribution in [0.1, 0.15) is 11.1 Å². The van der Waals surface area contributed by atoms with Gasteiger partial charge >= 0.3 is 5.97 Å². The van der Waals surface area contributed by atoms with Gasteiger partial charge in [-0.05, 0) is 29.8 Å². The smallest absolute Gasteiger partial charge is 0.336 e. The van der Waals surface area contributed by atoms with Gasteiger partial charge in [0.2, 0.25) is 0 Å². The lowest BCUT2D eigenvalue weighted by molar-refractivity contribution is -0.130. The van der Waals surface area contributed by atoms with Crippen LogP contribution in [0.15, 0.2) is 53.0 Å². The van der Waals surface area contributed by atoms with E-state index in [2.05, 4.69) is 15.9 Å². The molecule has 0 saturated carbocycles. The first-order valence-corrected chi connectivity index (χ1v) is 6.32. The molecule has 0 saturated heterocycles. The molecule has 19 heavy (non-hydrogen) atoms. The fourth-order valence-electron chi connectivity index (χ4n) is 1.67. The first-order valence-electron chi connectivity index (χ1n) is 5.53. The molecule has 0 bridgehead atoms. The van der Waals surface area contributed by atoms with E-state index < -0.39 is 11.8 Å². The Balaban J connectivity index is 2.54. The maximum atomic E-state index is 13.7. The monoisotopic (exact) mass is 320 g/mol. The van der Waals surface area contributed by atoms with Gasteiger partial charge in [-0.3, -0.25) is 0 Å². The largest absolute Gasteiger partial charge is 0.478 e. The van der Waals surface area contributed by atoms with Gasteiger partial charge in [-0.1, -0.05) is 46.3 Å². The van der Waals surface area contributed by atoms with Gasteiger partial charge < -0.3 is 5.11 Å². The number of benzene rings is 2. The molecule has 96 valence electrons. The quantitative estimate of drug-likeness (QED) is 0.679. The summed E-state index contributed by atoms with van der Waals surface area (Å²) in [4.78, 5) is 11.3. The Morgan fingerprint density at radius 3 is 2.47 bits per heavy atom. The van der Waals surface area contributed by atoms with Gasteiger partial charge in [0.15, 0.2) is 0 Å². The highest BCUT2D eigenvalue weighted by molar-refractivity contribution is 9.10. The minimum Gasteiger partial charge on any atom is -0.478 e. The first kappa shape index (κ1) is 13.5. The molecule has 0 radical (unpaired) electrons. The zero-order valence-electron chi connectivity index (χ0n) is 9.81. The third-order valence-electron chi connectivity index (χ3n) is 2.57. The van der Waals surface area contributed by atoms with Gasteiger partial charge in [-0.2, -0.15) is 0 Å². The minimum atomic E-state index is -1.09. The van der Waals surface area contributed by atoms with E-state index in [1.165, 1.54) is 12.1 Å². The third-order valence-corrected chi connectivity index (χ3v) is 3.07. The van der Waals surface area contributed by atoms with Crippen LogP contribution in [0, 0.1) is 5.82 Å². The van der Waals surface area contributed by atoms with E-state index in [9.17, 15) is 14.3 Å². The van der Waals surface area contributed by atoms with Crippen molar-refractivity contribution in [2.24, 2.45) is 0 Å². The third kappa shape index (κ3) is 3.29. The van der Waals surface area contributed by atoms with Crippen molar-refractivity contribution in [2.75, 3.05) is 0 Å². The zero-order chi connectivity index (χ0) is 13.8. The number of rotatable bonds is 3. The van der Waals surface area contributed by atoms with Crippen molar-refractivity contribution in [1.29, 1.82) is 0 Å². The molecule has 0 aliphatic carbocycles. The van der Waals surface area contributed by atoms with Crippen molar-refractivity contribution < 1.29 is 14.3 Å².